The lowest BCUT2D eigenvalue weighted by Gasteiger charge is -2.04. The third-order valence-electron chi connectivity index (χ3n) is 2.96. The van der Waals surface area contributed by atoms with E-state index in [4.69, 9.17) is 11.6 Å². The van der Waals surface area contributed by atoms with Crippen LogP contribution in [0.4, 0.5) is 5.82 Å². The van der Waals surface area contributed by atoms with E-state index >= 15 is 0 Å². The van der Waals surface area contributed by atoms with Crippen LogP contribution in [0.15, 0.2) is 48.7 Å². The predicted molar refractivity (Wildman–Crippen MR) is 81.9 cm³/mol. The molecule has 0 radical (unpaired) electrons. The van der Waals surface area contributed by atoms with Gasteiger partial charge < -0.3 is 5.32 Å². The SMILES string of the molecule is O=C(CCCCc1ccccc1)Nc1ccc(Cl)cn1. The van der Waals surface area contributed by atoms with Gasteiger partial charge in [0.2, 0.25) is 5.91 Å². The second kappa shape index (κ2) is 7.65. The van der Waals surface area contributed by atoms with Crippen LogP contribution in [0.5, 0.6) is 0 Å². The maximum absolute atomic E-state index is 11.7. The summed E-state index contributed by atoms with van der Waals surface area (Å²) in [5.41, 5.74) is 1.31. The van der Waals surface area contributed by atoms with E-state index in [0.29, 0.717) is 17.3 Å². The van der Waals surface area contributed by atoms with Gasteiger partial charge in [-0.3, -0.25) is 4.79 Å². The molecule has 20 heavy (non-hydrogen) atoms. The number of halogens is 1. The molecule has 0 fully saturated rings. The number of hydrogen-bond acceptors (Lipinski definition) is 2. The largest absolute Gasteiger partial charge is 0.311 e. The predicted octanol–water partition coefficient (Wildman–Crippen LogP) is 4.09. The summed E-state index contributed by atoms with van der Waals surface area (Å²) in [4.78, 5) is 15.8. The Kier molecular flexibility index (Phi) is 5.56. The van der Waals surface area contributed by atoms with Crippen LogP contribution in [0.3, 0.4) is 0 Å². The van der Waals surface area contributed by atoms with Crippen molar-refractivity contribution in [3.05, 3.63) is 59.2 Å². The van der Waals surface area contributed by atoms with Gasteiger partial charge >= 0.3 is 0 Å². The Morgan fingerprint density at radius 2 is 1.90 bits per heavy atom. The van der Waals surface area contributed by atoms with Gasteiger partial charge in [0.15, 0.2) is 0 Å². The van der Waals surface area contributed by atoms with Crippen LogP contribution >= 0.6 is 11.6 Å². The molecule has 4 heteroatoms. The second-order valence-corrected chi connectivity index (χ2v) is 5.04. The highest BCUT2D eigenvalue weighted by Crippen LogP contribution is 2.11. The lowest BCUT2D eigenvalue weighted by atomic mass is 10.1. The molecule has 0 aliphatic carbocycles. The Bertz CT molecular complexity index is 540. The average molecular weight is 289 g/mol. The van der Waals surface area contributed by atoms with Crippen LogP contribution in [0.1, 0.15) is 24.8 Å². The van der Waals surface area contributed by atoms with Crippen molar-refractivity contribution in [2.24, 2.45) is 0 Å². The summed E-state index contributed by atoms with van der Waals surface area (Å²) in [6, 6.07) is 13.7. The molecule has 0 aliphatic heterocycles. The third kappa shape index (κ3) is 5.02. The smallest absolute Gasteiger partial charge is 0.225 e. The normalized spacial score (nSPS) is 10.2. The zero-order chi connectivity index (χ0) is 14.2. The van der Waals surface area contributed by atoms with Crippen molar-refractivity contribution >= 4 is 23.3 Å². The van der Waals surface area contributed by atoms with Crippen molar-refractivity contribution < 1.29 is 4.79 Å². The Balaban J connectivity index is 1.66. The summed E-state index contributed by atoms with van der Waals surface area (Å²) in [6.07, 6.45) is 4.91. The highest BCUT2D eigenvalue weighted by molar-refractivity contribution is 6.30. The number of nitrogens with zero attached hydrogens (tertiary/aromatic N) is 1. The molecule has 1 aromatic carbocycles. The summed E-state index contributed by atoms with van der Waals surface area (Å²) in [6.45, 7) is 0. The van der Waals surface area contributed by atoms with Gasteiger partial charge in [-0.25, -0.2) is 4.98 Å². The van der Waals surface area contributed by atoms with Gasteiger partial charge in [-0.2, -0.15) is 0 Å². The molecule has 104 valence electrons. The van der Waals surface area contributed by atoms with Crippen molar-refractivity contribution in [3.8, 4) is 0 Å². The molecular weight excluding hydrogens is 272 g/mol. The van der Waals surface area contributed by atoms with Crippen LogP contribution < -0.4 is 5.32 Å². The maximum atomic E-state index is 11.7. The summed E-state index contributed by atoms with van der Waals surface area (Å²) in [5.74, 6) is 0.537. The number of anilines is 1. The van der Waals surface area contributed by atoms with Gasteiger partial charge in [0.25, 0.3) is 0 Å². The second-order valence-electron chi connectivity index (χ2n) is 4.60. The van der Waals surface area contributed by atoms with Crippen LogP contribution in [0, 0.1) is 0 Å². The van der Waals surface area contributed by atoms with E-state index in [9.17, 15) is 4.79 Å². The molecule has 0 atom stereocenters. The lowest BCUT2D eigenvalue weighted by Crippen LogP contribution is -2.12. The van der Waals surface area contributed by atoms with Gasteiger partial charge in [-0.05, 0) is 37.0 Å². The van der Waals surface area contributed by atoms with Crippen molar-refractivity contribution in [1.29, 1.82) is 0 Å². The van der Waals surface area contributed by atoms with E-state index in [-0.39, 0.29) is 5.91 Å². The Morgan fingerprint density at radius 1 is 1.10 bits per heavy atom. The van der Waals surface area contributed by atoms with Crippen LogP contribution in [-0.4, -0.2) is 10.9 Å². The molecule has 2 rings (SSSR count). The fourth-order valence-electron chi connectivity index (χ4n) is 1.91. The summed E-state index contributed by atoms with van der Waals surface area (Å²) in [5, 5.41) is 3.32. The topological polar surface area (TPSA) is 42.0 Å². The van der Waals surface area contributed by atoms with Crippen molar-refractivity contribution in [2.75, 3.05) is 5.32 Å². The highest BCUT2D eigenvalue weighted by atomic mass is 35.5. The standard InChI is InChI=1S/C16H17ClN2O/c17-14-10-11-15(18-12-14)19-16(20)9-5-4-8-13-6-2-1-3-7-13/h1-3,6-7,10-12H,4-5,8-9H2,(H,18,19,20). The summed E-state index contributed by atoms with van der Waals surface area (Å²) in [7, 11) is 0. The highest BCUT2D eigenvalue weighted by Gasteiger charge is 2.03. The third-order valence-corrected chi connectivity index (χ3v) is 3.18. The Labute approximate surface area is 124 Å². The molecule has 1 N–H and O–H groups in total. The summed E-state index contributed by atoms with van der Waals surface area (Å²) < 4.78 is 0. The summed E-state index contributed by atoms with van der Waals surface area (Å²) >= 11 is 5.73. The number of pyridine rings is 1. The number of nitrogens with one attached hydrogen (secondary N) is 1. The number of aryl methyl sites for hydroxylation is 1. The van der Waals surface area contributed by atoms with E-state index in [1.165, 1.54) is 11.8 Å². The van der Waals surface area contributed by atoms with Crippen LogP contribution in [0.25, 0.3) is 0 Å². The Hall–Kier alpha value is -1.87. The monoisotopic (exact) mass is 288 g/mol. The molecule has 0 spiro atoms. The van der Waals surface area contributed by atoms with Gasteiger partial charge in [0, 0.05) is 12.6 Å². The molecule has 0 saturated heterocycles. The number of rotatable bonds is 6. The Morgan fingerprint density at radius 3 is 2.60 bits per heavy atom. The first-order chi connectivity index (χ1) is 9.74. The molecule has 2 aromatic rings. The van der Waals surface area contributed by atoms with Crippen LogP contribution in [0.2, 0.25) is 5.02 Å². The number of hydrogen-bond donors (Lipinski definition) is 1. The molecule has 0 bridgehead atoms. The average Bonchev–Trinajstić information content (AvgIpc) is 2.47. The van der Waals surface area contributed by atoms with Gasteiger partial charge in [0.05, 0.1) is 5.02 Å². The first kappa shape index (κ1) is 14.5. The minimum atomic E-state index is -0.00659. The zero-order valence-electron chi connectivity index (χ0n) is 11.2. The number of benzene rings is 1. The van der Waals surface area contributed by atoms with Crippen molar-refractivity contribution in [3.63, 3.8) is 0 Å². The quantitative estimate of drug-likeness (QED) is 0.814. The van der Waals surface area contributed by atoms with Crippen LogP contribution in [-0.2, 0) is 11.2 Å². The minimum absolute atomic E-state index is 0.00659. The zero-order valence-corrected chi connectivity index (χ0v) is 11.9. The molecule has 1 heterocycles. The lowest BCUT2D eigenvalue weighted by molar-refractivity contribution is -0.116. The van der Waals surface area contributed by atoms with E-state index in [1.54, 1.807) is 12.1 Å². The molecule has 0 saturated carbocycles. The molecular formula is C16H17ClN2O. The van der Waals surface area contributed by atoms with Gasteiger partial charge in [-0.15, -0.1) is 0 Å². The number of carbonyl (C=O) groups excluding carboxylic acids is 1. The van der Waals surface area contributed by atoms with E-state index in [0.717, 1.165) is 19.3 Å². The fourth-order valence-corrected chi connectivity index (χ4v) is 2.03. The van der Waals surface area contributed by atoms with Gasteiger partial charge in [-0.1, -0.05) is 41.9 Å². The van der Waals surface area contributed by atoms with Gasteiger partial charge in [0.1, 0.15) is 5.82 Å². The first-order valence-electron chi connectivity index (χ1n) is 6.69. The minimum Gasteiger partial charge on any atom is -0.311 e. The number of aromatic nitrogens is 1. The first-order valence-corrected chi connectivity index (χ1v) is 7.07. The van der Waals surface area contributed by atoms with E-state index < -0.39 is 0 Å². The van der Waals surface area contributed by atoms with E-state index in [1.807, 2.05) is 18.2 Å². The molecule has 1 aromatic heterocycles. The molecule has 0 unspecified atom stereocenters. The number of amides is 1. The number of carbonyl (C=O) groups is 1. The maximum Gasteiger partial charge on any atom is 0.225 e. The van der Waals surface area contributed by atoms with E-state index in [2.05, 4.69) is 22.4 Å². The fraction of sp³-hybridized carbons (Fsp3) is 0.250. The molecule has 0 aliphatic rings. The number of unbranched alkanes of at least 4 members (excludes halogenated alkanes) is 1. The molecule has 3 nitrogen and oxygen atoms in total. The van der Waals surface area contributed by atoms with Crippen molar-refractivity contribution in [1.82, 2.24) is 4.98 Å². The van der Waals surface area contributed by atoms with Crippen molar-refractivity contribution in [2.45, 2.75) is 25.7 Å². The molecule has 1 amide bonds.